The summed E-state index contributed by atoms with van der Waals surface area (Å²) in [6.45, 7) is 7.65. The molecule has 0 spiro atoms. The third kappa shape index (κ3) is 5.56. The number of para-hydroxylation sites is 1. The van der Waals surface area contributed by atoms with Gasteiger partial charge < -0.3 is 10.0 Å². The zero-order valence-corrected chi connectivity index (χ0v) is 20.5. The second-order valence-electron chi connectivity index (χ2n) is 8.52. The monoisotopic (exact) mass is 457 g/mol. The molecule has 3 aromatic rings. The lowest BCUT2D eigenvalue weighted by Crippen LogP contribution is -2.26. The van der Waals surface area contributed by atoms with E-state index in [0.717, 1.165) is 43.4 Å². The Morgan fingerprint density at radius 2 is 1.41 bits per heavy atom. The average molecular weight is 458 g/mol. The van der Waals surface area contributed by atoms with Crippen LogP contribution in [0.4, 0.5) is 5.69 Å². The number of benzene rings is 3. The summed E-state index contributed by atoms with van der Waals surface area (Å²) >= 11 is 0. The molecule has 0 unspecified atom stereocenters. The summed E-state index contributed by atoms with van der Waals surface area (Å²) in [5.74, 6) is -0.557. The summed E-state index contributed by atoms with van der Waals surface area (Å²) in [6.07, 6.45) is 5.04. The van der Waals surface area contributed by atoms with Crippen LogP contribution in [0.5, 0.6) is 5.75 Å². The number of nitrogens with zero attached hydrogens (tertiary/aromatic N) is 1. The highest BCUT2D eigenvalue weighted by molar-refractivity contribution is 6.23. The third-order valence-corrected chi connectivity index (χ3v) is 6.31. The van der Waals surface area contributed by atoms with E-state index in [9.17, 15) is 14.7 Å². The van der Waals surface area contributed by atoms with Crippen molar-refractivity contribution in [2.75, 3.05) is 18.0 Å². The molecule has 34 heavy (non-hydrogen) atoms. The maximum atomic E-state index is 14.0. The summed E-state index contributed by atoms with van der Waals surface area (Å²) in [4.78, 5) is 30.0. The van der Waals surface area contributed by atoms with Crippen LogP contribution >= 0.6 is 0 Å². The van der Waals surface area contributed by atoms with E-state index in [4.69, 9.17) is 0 Å². The smallest absolute Gasteiger partial charge is 0.199 e. The van der Waals surface area contributed by atoms with E-state index < -0.39 is 0 Å². The first-order valence-electron chi connectivity index (χ1n) is 12.4. The van der Waals surface area contributed by atoms with E-state index in [1.807, 2.05) is 44.2 Å². The molecular formula is C30H35NO3. The van der Waals surface area contributed by atoms with Gasteiger partial charge >= 0.3 is 0 Å². The van der Waals surface area contributed by atoms with Gasteiger partial charge in [0.2, 0.25) is 0 Å². The van der Waals surface area contributed by atoms with E-state index in [1.165, 1.54) is 6.07 Å². The molecule has 3 rings (SSSR count). The van der Waals surface area contributed by atoms with Gasteiger partial charge in [-0.15, -0.1) is 0 Å². The predicted molar refractivity (Wildman–Crippen MR) is 139 cm³/mol. The Morgan fingerprint density at radius 1 is 0.735 bits per heavy atom. The molecule has 0 amide bonds. The molecule has 3 aromatic carbocycles. The van der Waals surface area contributed by atoms with E-state index in [-0.39, 0.29) is 22.9 Å². The van der Waals surface area contributed by atoms with Crippen LogP contribution in [0.25, 0.3) is 0 Å². The molecule has 0 aliphatic heterocycles. The molecule has 0 aliphatic carbocycles. The van der Waals surface area contributed by atoms with E-state index in [1.54, 1.807) is 30.3 Å². The van der Waals surface area contributed by atoms with Crippen molar-refractivity contribution in [2.24, 2.45) is 0 Å². The van der Waals surface area contributed by atoms with Crippen LogP contribution < -0.4 is 4.90 Å². The summed E-state index contributed by atoms with van der Waals surface area (Å²) in [7, 11) is 0. The molecule has 0 atom stereocenters. The summed E-state index contributed by atoms with van der Waals surface area (Å²) in [5, 5.41) is 10.5. The number of phenolic OH excluding ortho intramolecular Hbond substituents is 1. The van der Waals surface area contributed by atoms with Gasteiger partial charge in [-0.3, -0.25) is 9.59 Å². The van der Waals surface area contributed by atoms with Crippen molar-refractivity contribution in [1.82, 2.24) is 0 Å². The number of aryl methyl sites for hydroxylation is 1. The third-order valence-electron chi connectivity index (χ3n) is 6.31. The molecule has 1 N–H and O–H groups in total. The minimum atomic E-state index is -0.324. The van der Waals surface area contributed by atoms with Gasteiger partial charge in [0.25, 0.3) is 0 Å². The lowest BCUT2D eigenvalue weighted by atomic mass is 9.86. The second-order valence-corrected chi connectivity index (χ2v) is 8.52. The van der Waals surface area contributed by atoms with Crippen LogP contribution in [0.3, 0.4) is 0 Å². The highest BCUT2D eigenvalue weighted by Gasteiger charge is 2.28. The number of hydrogen-bond acceptors (Lipinski definition) is 4. The standard InChI is InChI=1S/C30H35NO3/c1-4-7-8-10-15-22-20-21-25(31(5-2)6-3)28(30(34)24-18-13-14-19-26(24)32)27(22)29(33)23-16-11-9-12-17-23/h9,11-14,16-21,32H,4-8,10,15H2,1-3H3. The van der Waals surface area contributed by atoms with Crippen LogP contribution in [0.1, 0.15) is 83.9 Å². The normalized spacial score (nSPS) is 10.8. The number of hydrogen-bond donors (Lipinski definition) is 1. The Bertz CT molecular complexity index is 1120. The number of rotatable bonds is 12. The van der Waals surface area contributed by atoms with Gasteiger partial charge in [-0.2, -0.15) is 0 Å². The fourth-order valence-corrected chi connectivity index (χ4v) is 4.44. The Kier molecular flexibility index (Phi) is 9.03. The quantitative estimate of drug-likeness (QED) is 0.239. The van der Waals surface area contributed by atoms with Gasteiger partial charge in [-0.05, 0) is 50.5 Å². The molecule has 0 aromatic heterocycles. The zero-order valence-electron chi connectivity index (χ0n) is 20.5. The van der Waals surface area contributed by atoms with Crippen molar-refractivity contribution in [3.05, 3.63) is 94.5 Å². The van der Waals surface area contributed by atoms with Gasteiger partial charge in [0.05, 0.1) is 11.1 Å². The fourth-order valence-electron chi connectivity index (χ4n) is 4.44. The molecule has 0 saturated heterocycles. The number of ketones is 2. The number of aromatic hydroxyl groups is 1. The topological polar surface area (TPSA) is 57.6 Å². The number of unbranched alkanes of at least 4 members (excludes halogenated alkanes) is 3. The molecular weight excluding hydrogens is 422 g/mol. The van der Waals surface area contributed by atoms with Crippen molar-refractivity contribution in [1.29, 1.82) is 0 Å². The molecule has 0 heterocycles. The number of carbonyl (C=O) groups excluding carboxylic acids is 2. The number of phenols is 1. The summed E-state index contributed by atoms with van der Waals surface area (Å²) in [5.41, 5.74) is 3.23. The van der Waals surface area contributed by atoms with E-state index in [2.05, 4.69) is 11.8 Å². The maximum absolute atomic E-state index is 14.0. The first kappa shape index (κ1) is 25.2. The lowest BCUT2D eigenvalue weighted by Gasteiger charge is -2.27. The van der Waals surface area contributed by atoms with Gasteiger partial charge in [-0.25, -0.2) is 0 Å². The van der Waals surface area contributed by atoms with Gasteiger partial charge in [0, 0.05) is 29.9 Å². The van der Waals surface area contributed by atoms with Crippen LogP contribution in [0, 0.1) is 0 Å². The van der Waals surface area contributed by atoms with Gasteiger partial charge in [0.15, 0.2) is 11.6 Å². The Morgan fingerprint density at radius 3 is 2.06 bits per heavy atom. The molecule has 4 nitrogen and oxygen atoms in total. The number of anilines is 1. The molecule has 0 aliphatic rings. The van der Waals surface area contributed by atoms with Crippen molar-refractivity contribution in [2.45, 2.75) is 52.9 Å². The maximum Gasteiger partial charge on any atom is 0.199 e. The summed E-state index contributed by atoms with van der Waals surface area (Å²) < 4.78 is 0. The van der Waals surface area contributed by atoms with Gasteiger partial charge in [0.1, 0.15) is 5.75 Å². The van der Waals surface area contributed by atoms with Crippen LogP contribution in [0.15, 0.2) is 66.7 Å². The van der Waals surface area contributed by atoms with Crippen molar-refractivity contribution < 1.29 is 14.7 Å². The van der Waals surface area contributed by atoms with Crippen molar-refractivity contribution in [3.63, 3.8) is 0 Å². The highest BCUT2D eigenvalue weighted by Crippen LogP contribution is 2.34. The van der Waals surface area contributed by atoms with Crippen LogP contribution in [-0.2, 0) is 6.42 Å². The SMILES string of the molecule is CCCCCCc1ccc(N(CC)CC)c(C(=O)c2ccccc2O)c1C(=O)c1ccccc1. The first-order chi connectivity index (χ1) is 16.5. The molecule has 0 bridgehead atoms. The van der Waals surface area contributed by atoms with Gasteiger partial charge in [-0.1, -0.05) is 74.7 Å². The Balaban J connectivity index is 2.27. The Labute approximate surface area is 203 Å². The minimum absolute atomic E-state index is 0.0792. The van der Waals surface area contributed by atoms with Crippen molar-refractivity contribution >= 4 is 17.3 Å². The number of carbonyl (C=O) groups is 2. The second kappa shape index (κ2) is 12.2. The van der Waals surface area contributed by atoms with Crippen LogP contribution in [0.2, 0.25) is 0 Å². The minimum Gasteiger partial charge on any atom is -0.507 e. The fraction of sp³-hybridized carbons (Fsp3) is 0.333. The molecule has 178 valence electrons. The van der Waals surface area contributed by atoms with E-state index in [0.29, 0.717) is 29.8 Å². The molecule has 0 saturated carbocycles. The molecule has 4 heteroatoms. The largest absolute Gasteiger partial charge is 0.507 e. The summed E-state index contributed by atoms with van der Waals surface area (Å²) in [6, 6.07) is 19.7. The Hall–Kier alpha value is -3.40. The lowest BCUT2D eigenvalue weighted by molar-refractivity contribution is 0.100. The predicted octanol–water partition coefficient (Wildman–Crippen LogP) is 6.82. The van der Waals surface area contributed by atoms with E-state index >= 15 is 0 Å². The molecule has 0 radical (unpaired) electrons. The molecule has 0 fully saturated rings. The highest BCUT2D eigenvalue weighted by atomic mass is 16.3. The average Bonchev–Trinajstić information content (AvgIpc) is 2.87. The van der Waals surface area contributed by atoms with Crippen molar-refractivity contribution in [3.8, 4) is 5.75 Å². The van der Waals surface area contributed by atoms with Crippen LogP contribution in [-0.4, -0.2) is 29.8 Å². The zero-order chi connectivity index (χ0) is 24.5. The first-order valence-corrected chi connectivity index (χ1v) is 12.4.